The number of nitrogens with zero attached hydrogens (tertiary/aromatic N) is 1. The van der Waals surface area contributed by atoms with Crippen LogP contribution in [-0.4, -0.2) is 169 Å². The minimum atomic E-state index is -1.33. The number of hydrogen-bond acceptors (Lipinski definition) is 13. The largest absolute Gasteiger partial charge is 0.480 e. The van der Waals surface area contributed by atoms with Crippen molar-refractivity contribution in [3.63, 3.8) is 0 Å². The molecule has 0 spiro atoms. The van der Waals surface area contributed by atoms with Gasteiger partial charge in [0.25, 0.3) is 0 Å². The number of rotatable bonds is 38. The lowest BCUT2D eigenvalue weighted by Gasteiger charge is -2.32. The molecule has 0 unspecified atom stereocenters. The van der Waals surface area contributed by atoms with Gasteiger partial charge in [-0.3, -0.25) is 52.7 Å². The number of nitrogens with one attached hydrogen (secondary N) is 11. The van der Waals surface area contributed by atoms with E-state index in [-0.39, 0.29) is 95.2 Å². The average molecular weight is 1220 g/mol. The van der Waals surface area contributed by atoms with Crippen molar-refractivity contribution in [3.8, 4) is 0 Å². The molecule has 2 fully saturated rings. The van der Waals surface area contributed by atoms with Gasteiger partial charge in [-0.2, -0.15) is 0 Å². The van der Waals surface area contributed by atoms with Crippen LogP contribution in [0.15, 0.2) is 60.7 Å². The van der Waals surface area contributed by atoms with E-state index in [1.165, 1.54) is 4.90 Å². The molecule has 0 aromatic heterocycles. The topological polar surface area (TPSA) is 361 Å². The number of carbonyl (C=O) groups is 12. The number of benzene rings is 2. The van der Waals surface area contributed by atoms with E-state index in [1.54, 1.807) is 88.4 Å². The third kappa shape index (κ3) is 24.0. The molecule has 2 aromatic rings. The normalized spacial score (nSPS) is 17.5. The third-order valence-electron chi connectivity index (χ3n) is 15.2. The molecule has 0 saturated carbocycles. The van der Waals surface area contributed by atoms with Crippen LogP contribution in [0, 0.1) is 23.7 Å². The minimum Gasteiger partial charge on any atom is -0.480 e. The van der Waals surface area contributed by atoms with Crippen LogP contribution in [0.5, 0.6) is 0 Å². The molecule has 25 heteroatoms. The number of carbonyl (C=O) groups excluding carboxylic acids is 11. The van der Waals surface area contributed by atoms with Crippen LogP contribution >= 0.6 is 0 Å². The molecule has 2 aliphatic rings. The van der Waals surface area contributed by atoms with Crippen LogP contribution in [-0.2, 0) is 70.4 Å². The van der Waals surface area contributed by atoms with Crippen LogP contribution in [0.4, 0.5) is 0 Å². The summed E-state index contributed by atoms with van der Waals surface area (Å²) in [5.41, 5.74) is 1.33. The summed E-state index contributed by atoms with van der Waals surface area (Å²) in [6.45, 7) is 15.3. The van der Waals surface area contributed by atoms with Crippen LogP contribution in [0.25, 0.3) is 0 Å². The Bertz CT molecular complexity index is 2600. The smallest absolute Gasteiger partial charge is 0.326 e. The first-order chi connectivity index (χ1) is 41.4. The maximum atomic E-state index is 15.0. The van der Waals surface area contributed by atoms with Crippen LogP contribution in [0.1, 0.15) is 131 Å². The van der Waals surface area contributed by atoms with Crippen molar-refractivity contribution < 1.29 is 62.6 Å². The van der Waals surface area contributed by atoms with Gasteiger partial charge in [-0.15, -0.1) is 0 Å². The van der Waals surface area contributed by atoms with Crippen molar-refractivity contribution >= 4 is 72.0 Å². The van der Waals surface area contributed by atoms with Crippen molar-refractivity contribution in [2.75, 3.05) is 26.2 Å². The number of likely N-dealkylation sites (tertiary alicyclic amines) is 1. The second-order valence-corrected chi connectivity index (χ2v) is 24.1. The summed E-state index contributed by atoms with van der Waals surface area (Å²) in [7, 11) is 0. The van der Waals surface area contributed by atoms with E-state index >= 15 is 0 Å². The van der Waals surface area contributed by atoms with Gasteiger partial charge >= 0.3 is 5.97 Å². The van der Waals surface area contributed by atoms with E-state index in [1.807, 2.05) is 27.7 Å². The Kier molecular flexibility index (Phi) is 30.3. The summed E-state index contributed by atoms with van der Waals surface area (Å²) >= 11 is 0. The molecule has 2 heterocycles. The first-order valence-electron chi connectivity index (χ1n) is 30.6. The lowest BCUT2D eigenvalue weighted by molar-refractivity contribution is -0.143. The fourth-order valence-electron chi connectivity index (χ4n) is 10.6. The zero-order chi connectivity index (χ0) is 64.2. The molecule has 2 aromatic carbocycles. The molecule has 480 valence electrons. The van der Waals surface area contributed by atoms with Gasteiger partial charge in [-0.05, 0) is 106 Å². The maximum Gasteiger partial charge on any atom is 0.326 e. The molecule has 25 nitrogen and oxygen atoms in total. The van der Waals surface area contributed by atoms with Crippen LogP contribution in [0.2, 0.25) is 0 Å². The van der Waals surface area contributed by atoms with Gasteiger partial charge in [0, 0.05) is 32.5 Å². The highest BCUT2D eigenvalue weighted by molar-refractivity contribution is 5.99. The number of carboxylic acid groups (broad SMARTS) is 1. The Morgan fingerprint density at radius 2 is 0.943 bits per heavy atom. The molecule has 0 aliphatic carbocycles. The molecule has 0 radical (unpaired) electrons. The van der Waals surface area contributed by atoms with Gasteiger partial charge in [0.05, 0.1) is 6.04 Å². The highest BCUT2D eigenvalue weighted by Gasteiger charge is 2.41. The Morgan fingerprint density at radius 1 is 0.517 bits per heavy atom. The highest BCUT2D eigenvalue weighted by Crippen LogP contribution is 2.22. The molecule has 2 aliphatic heterocycles. The van der Waals surface area contributed by atoms with Crippen molar-refractivity contribution in [3.05, 3.63) is 71.8 Å². The summed E-state index contributed by atoms with van der Waals surface area (Å²) < 4.78 is 0. The van der Waals surface area contributed by atoms with E-state index in [0.717, 1.165) is 6.42 Å². The monoisotopic (exact) mass is 1210 g/mol. The van der Waals surface area contributed by atoms with Crippen molar-refractivity contribution in [2.45, 2.75) is 193 Å². The Labute approximate surface area is 510 Å². The number of hydrogen-bond donors (Lipinski definition) is 12. The zero-order valence-corrected chi connectivity index (χ0v) is 51.6. The van der Waals surface area contributed by atoms with Gasteiger partial charge < -0.3 is 68.5 Å². The second-order valence-electron chi connectivity index (χ2n) is 24.1. The van der Waals surface area contributed by atoms with Gasteiger partial charge in [0.2, 0.25) is 66.0 Å². The fourth-order valence-corrected chi connectivity index (χ4v) is 10.6. The summed E-state index contributed by atoms with van der Waals surface area (Å²) in [5, 5.41) is 40.3. The number of aliphatic carboxylic acids is 1. The number of amides is 11. The summed E-state index contributed by atoms with van der Waals surface area (Å²) in [5.74, 6) is -8.51. The Balaban J connectivity index is 1.55. The first kappa shape index (κ1) is 71.5. The molecule has 12 N–H and O–H groups in total. The molecular formula is C62H94N12O13. The van der Waals surface area contributed by atoms with Crippen molar-refractivity contribution in [1.29, 1.82) is 0 Å². The van der Waals surface area contributed by atoms with E-state index in [4.69, 9.17) is 0 Å². The zero-order valence-electron chi connectivity index (χ0n) is 51.6. The highest BCUT2D eigenvalue weighted by atomic mass is 16.4. The van der Waals surface area contributed by atoms with Gasteiger partial charge in [-0.25, -0.2) is 4.79 Å². The quantitative estimate of drug-likeness (QED) is 0.0324. The Hall–Kier alpha value is -7.96. The lowest BCUT2D eigenvalue weighted by atomic mass is 9.99. The standard InChI is InChI=1S/C62H94N12O13/c1-37(2)31-46(68-53(77)43-23-17-29-65-43)56(80)66-44(24-15-27-63-35-75)54(78)72-51(39(5)6)59(83)70-48(33-41-19-11-9-12-20-41)61(85)74-30-18-26-50(74)58(82)69-47(32-38(3)4)57(81)67-45(25-16-28-64-36-76)55(79)73-52(40(7)8)60(84)71-49(62(86)87)34-42-21-13-10-14-22-42/h9-14,19-22,35-40,43-52,65H,15-18,23-34H2,1-8H3,(H,63,75)(H,64,76)(H,66,80)(H,67,81)(H,68,77)(H,69,82)(H,70,83)(H,71,84)(H,72,78)(H,73,79)(H,86,87)/t43-,44+,45+,46+,47+,48+,49+,50-,51+,52+/m1/s1. The summed E-state index contributed by atoms with van der Waals surface area (Å²) in [6, 6.07) is 6.20. The second kappa shape index (κ2) is 36.9. The SMILES string of the molecule is CC(C)C[C@H](NC(=O)[C@H]1CCCN1C(=O)[C@H](Cc1ccccc1)NC(=O)[C@@H](NC(=O)[C@H](CCCNC=O)NC(=O)[C@H](CC(C)C)NC(=O)[C@H]1CCCN1)C(C)C)C(=O)N[C@@H](CCCNC=O)C(=O)N[C@H](C(=O)N[C@@H](Cc1ccccc1)C(=O)O)C(C)C. The molecule has 10 atom stereocenters. The lowest BCUT2D eigenvalue weighted by Crippen LogP contribution is -2.61. The summed E-state index contributed by atoms with van der Waals surface area (Å²) in [6.07, 6.45) is 3.82. The van der Waals surface area contributed by atoms with Crippen molar-refractivity contribution in [2.24, 2.45) is 23.7 Å². The van der Waals surface area contributed by atoms with Gasteiger partial charge in [0.1, 0.15) is 54.4 Å². The van der Waals surface area contributed by atoms with Crippen LogP contribution < -0.4 is 58.5 Å². The van der Waals surface area contributed by atoms with Gasteiger partial charge in [-0.1, -0.05) is 116 Å². The molecule has 87 heavy (non-hydrogen) atoms. The first-order valence-corrected chi connectivity index (χ1v) is 30.6. The predicted octanol–water partition coefficient (Wildman–Crippen LogP) is 0.634. The molecule has 0 bridgehead atoms. The maximum absolute atomic E-state index is 15.0. The van der Waals surface area contributed by atoms with Gasteiger partial charge in [0.15, 0.2) is 0 Å². The molecule has 11 amide bonds. The summed E-state index contributed by atoms with van der Waals surface area (Å²) in [4.78, 5) is 164. The van der Waals surface area contributed by atoms with E-state index < -0.39 is 125 Å². The van der Waals surface area contributed by atoms with E-state index in [2.05, 4.69) is 58.5 Å². The number of carboxylic acids is 1. The molecule has 4 rings (SSSR count). The predicted molar refractivity (Wildman–Crippen MR) is 324 cm³/mol. The Morgan fingerprint density at radius 3 is 1.36 bits per heavy atom. The third-order valence-corrected chi connectivity index (χ3v) is 15.2. The minimum absolute atomic E-state index is 0.0144. The van der Waals surface area contributed by atoms with E-state index in [9.17, 15) is 62.6 Å². The average Bonchev–Trinajstić information content (AvgIpc) is 3.09. The van der Waals surface area contributed by atoms with Crippen LogP contribution in [0.3, 0.4) is 0 Å². The molecule has 2 saturated heterocycles. The van der Waals surface area contributed by atoms with Crippen molar-refractivity contribution in [1.82, 2.24) is 63.4 Å². The fraction of sp³-hybridized carbons (Fsp3) is 0.613. The molecular weight excluding hydrogens is 1120 g/mol. The van der Waals surface area contributed by atoms with E-state index in [0.29, 0.717) is 43.3 Å².